The summed E-state index contributed by atoms with van der Waals surface area (Å²) < 4.78 is 4.97. The average molecular weight is 280 g/mol. The minimum atomic E-state index is -1.08. The lowest BCUT2D eigenvalue weighted by Crippen LogP contribution is -2.42. The van der Waals surface area contributed by atoms with E-state index in [1.54, 1.807) is 30.2 Å². The third-order valence-electron chi connectivity index (χ3n) is 2.82. The Balaban J connectivity index is 2.85. The van der Waals surface area contributed by atoms with Crippen LogP contribution in [0.2, 0.25) is 0 Å². The lowest BCUT2D eigenvalue weighted by molar-refractivity contribution is 0.0698. The number of nitrogens with zero attached hydrogens (tertiary/aromatic N) is 1. The van der Waals surface area contributed by atoms with Gasteiger partial charge in [0, 0.05) is 19.7 Å². The third-order valence-corrected chi connectivity index (χ3v) is 2.82. The number of methoxy groups -OCH3 is 1. The SMILES string of the molecule is COCCN(C(=O)Nc1ccccc1C(=O)O)C(C)C. The predicted octanol–water partition coefficient (Wildman–Crippen LogP) is 2.27. The molecule has 0 aliphatic rings. The number of para-hydroxylation sites is 1. The summed E-state index contributed by atoms with van der Waals surface area (Å²) in [6.07, 6.45) is 0. The molecule has 1 aromatic carbocycles. The van der Waals surface area contributed by atoms with E-state index in [-0.39, 0.29) is 23.3 Å². The summed E-state index contributed by atoms with van der Waals surface area (Å²) in [6, 6.07) is 5.96. The molecule has 0 atom stereocenters. The van der Waals surface area contributed by atoms with Gasteiger partial charge in [0.25, 0.3) is 0 Å². The maximum atomic E-state index is 12.2. The number of anilines is 1. The highest BCUT2D eigenvalue weighted by atomic mass is 16.5. The Hall–Kier alpha value is -2.08. The molecule has 1 aromatic rings. The number of carboxylic acids is 1. The molecular formula is C14H20N2O4. The van der Waals surface area contributed by atoms with Crippen LogP contribution in [0.1, 0.15) is 24.2 Å². The van der Waals surface area contributed by atoms with Crippen molar-refractivity contribution in [2.24, 2.45) is 0 Å². The fraction of sp³-hybridized carbons (Fsp3) is 0.429. The van der Waals surface area contributed by atoms with Gasteiger partial charge in [-0.2, -0.15) is 0 Å². The van der Waals surface area contributed by atoms with E-state index in [2.05, 4.69) is 5.32 Å². The van der Waals surface area contributed by atoms with Gasteiger partial charge in [0.05, 0.1) is 17.9 Å². The Morgan fingerprint density at radius 1 is 1.35 bits per heavy atom. The number of rotatable bonds is 6. The first-order valence-electron chi connectivity index (χ1n) is 6.36. The minimum Gasteiger partial charge on any atom is -0.478 e. The number of urea groups is 1. The minimum absolute atomic E-state index is 0.0119. The molecule has 2 amide bonds. The number of amides is 2. The summed E-state index contributed by atoms with van der Waals surface area (Å²) in [5, 5.41) is 11.7. The van der Waals surface area contributed by atoms with E-state index in [1.165, 1.54) is 6.07 Å². The van der Waals surface area contributed by atoms with E-state index in [9.17, 15) is 9.59 Å². The van der Waals surface area contributed by atoms with Crippen LogP contribution in [0.15, 0.2) is 24.3 Å². The topological polar surface area (TPSA) is 78.9 Å². The number of hydrogen-bond acceptors (Lipinski definition) is 3. The van der Waals surface area contributed by atoms with Gasteiger partial charge in [-0.3, -0.25) is 0 Å². The number of nitrogens with one attached hydrogen (secondary N) is 1. The lowest BCUT2D eigenvalue weighted by atomic mass is 10.2. The van der Waals surface area contributed by atoms with E-state index in [4.69, 9.17) is 9.84 Å². The summed E-state index contributed by atoms with van der Waals surface area (Å²) in [5.41, 5.74) is 0.351. The number of carboxylic acid groups (broad SMARTS) is 1. The van der Waals surface area contributed by atoms with Crippen LogP contribution in [0.25, 0.3) is 0 Å². The lowest BCUT2D eigenvalue weighted by Gasteiger charge is -2.26. The number of ether oxygens (including phenoxy) is 1. The maximum Gasteiger partial charge on any atom is 0.337 e. The predicted molar refractivity (Wildman–Crippen MR) is 76.1 cm³/mol. The van der Waals surface area contributed by atoms with Crippen molar-refractivity contribution in [1.29, 1.82) is 0 Å². The summed E-state index contributed by atoms with van der Waals surface area (Å²) in [6.45, 7) is 4.64. The van der Waals surface area contributed by atoms with E-state index >= 15 is 0 Å². The van der Waals surface area contributed by atoms with E-state index in [0.29, 0.717) is 13.2 Å². The number of carbonyl (C=O) groups excluding carboxylic acids is 1. The summed E-state index contributed by atoms with van der Waals surface area (Å²) in [5.74, 6) is -1.08. The van der Waals surface area contributed by atoms with E-state index in [1.807, 2.05) is 13.8 Å². The largest absolute Gasteiger partial charge is 0.478 e. The van der Waals surface area contributed by atoms with Crippen LogP contribution in [-0.2, 0) is 4.74 Å². The molecule has 1 rings (SSSR count). The average Bonchev–Trinajstić information content (AvgIpc) is 2.39. The first-order valence-corrected chi connectivity index (χ1v) is 6.36. The van der Waals surface area contributed by atoms with Crippen LogP contribution in [-0.4, -0.2) is 48.3 Å². The van der Waals surface area contributed by atoms with Gasteiger partial charge in [-0.05, 0) is 26.0 Å². The van der Waals surface area contributed by atoms with E-state index < -0.39 is 5.97 Å². The number of carbonyl (C=O) groups is 2. The molecule has 2 N–H and O–H groups in total. The van der Waals surface area contributed by atoms with Crippen molar-refractivity contribution < 1.29 is 19.4 Å². The molecule has 0 spiro atoms. The molecule has 110 valence electrons. The van der Waals surface area contributed by atoms with Crippen molar-refractivity contribution in [1.82, 2.24) is 4.90 Å². The molecular weight excluding hydrogens is 260 g/mol. The second kappa shape index (κ2) is 7.49. The second-order valence-electron chi connectivity index (χ2n) is 4.56. The first kappa shape index (κ1) is 16.0. The highest BCUT2D eigenvalue weighted by molar-refractivity contribution is 6.00. The second-order valence-corrected chi connectivity index (χ2v) is 4.56. The van der Waals surface area contributed by atoms with Crippen molar-refractivity contribution in [3.05, 3.63) is 29.8 Å². The maximum absolute atomic E-state index is 12.2. The number of hydrogen-bond donors (Lipinski definition) is 2. The molecule has 0 aromatic heterocycles. The quantitative estimate of drug-likeness (QED) is 0.837. The Morgan fingerprint density at radius 2 is 2.00 bits per heavy atom. The zero-order valence-corrected chi connectivity index (χ0v) is 11.9. The summed E-state index contributed by atoms with van der Waals surface area (Å²) in [7, 11) is 1.57. The van der Waals surface area contributed by atoms with Gasteiger partial charge in [0.1, 0.15) is 0 Å². The Bertz CT molecular complexity index is 474. The van der Waals surface area contributed by atoms with Crippen LogP contribution >= 0.6 is 0 Å². The summed E-state index contributed by atoms with van der Waals surface area (Å²) in [4.78, 5) is 24.9. The molecule has 0 heterocycles. The smallest absolute Gasteiger partial charge is 0.337 e. The van der Waals surface area contributed by atoms with Gasteiger partial charge >= 0.3 is 12.0 Å². The monoisotopic (exact) mass is 280 g/mol. The van der Waals surface area contributed by atoms with Gasteiger partial charge in [0.2, 0.25) is 0 Å². The van der Waals surface area contributed by atoms with Gasteiger partial charge in [-0.15, -0.1) is 0 Å². The van der Waals surface area contributed by atoms with Crippen molar-refractivity contribution in [2.75, 3.05) is 25.6 Å². The molecule has 0 saturated heterocycles. The Morgan fingerprint density at radius 3 is 2.55 bits per heavy atom. The van der Waals surface area contributed by atoms with Crippen molar-refractivity contribution >= 4 is 17.7 Å². The molecule has 0 saturated carbocycles. The van der Waals surface area contributed by atoms with Gasteiger partial charge in [0.15, 0.2) is 0 Å². The highest BCUT2D eigenvalue weighted by Gasteiger charge is 2.19. The zero-order chi connectivity index (χ0) is 15.1. The standard InChI is InChI=1S/C14H20N2O4/c1-10(2)16(8-9-20-3)14(19)15-12-7-5-4-6-11(12)13(17)18/h4-7,10H,8-9H2,1-3H3,(H,15,19)(H,17,18). The number of aromatic carboxylic acids is 1. The highest BCUT2D eigenvalue weighted by Crippen LogP contribution is 2.16. The van der Waals surface area contributed by atoms with Crippen molar-refractivity contribution in [2.45, 2.75) is 19.9 Å². The molecule has 0 radical (unpaired) electrons. The Labute approximate surface area is 118 Å². The van der Waals surface area contributed by atoms with Crippen molar-refractivity contribution in [3.63, 3.8) is 0 Å². The Kier molecular flexibility index (Phi) is 5.99. The zero-order valence-electron chi connectivity index (χ0n) is 11.9. The molecule has 0 fully saturated rings. The van der Waals surface area contributed by atoms with Crippen molar-refractivity contribution in [3.8, 4) is 0 Å². The first-order chi connectivity index (χ1) is 9.47. The fourth-order valence-electron chi connectivity index (χ4n) is 1.75. The van der Waals surface area contributed by atoms with Crippen LogP contribution in [0.4, 0.5) is 10.5 Å². The molecule has 0 aliphatic carbocycles. The molecule has 0 bridgehead atoms. The van der Waals surface area contributed by atoms with Gasteiger partial charge in [-0.1, -0.05) is 12.1 Å². The van der Waals surface area contributed by atoms with E-state index in [0.717, 1.165) is 0 Å². The molecule has 6 heteroatoms. The fourth-order valence-corrected chi connectivity index (χ4v) is 1.75. The normalized spacial score (nSPS) is 10.4. The van der Waals surface area contributed by atoms with Crippen LogP contribution in [0, 0.1) is 0 Å². The molecule has 6 nitrogen and oxygen atoms in total. The summed E-state index contributed by atoms with van der Waals surface area (Å²) >= 11 is 0. The van der Waals surface area contributed by atoms with Crippen LogP contribution < -0.4 is 5.32 Å². The molecule has 0 aliphatic heterocycles. The molecule has 20 heavy (non-hydrogen) atoms. The van der Waals surface area contributed by atoms with Crippen LogP contribution in [0.3, 0.4) is 0 Å². The van der Waals surface area contributed by atoms with Crippen LogP contribution in [0.5, 0.6) is 0 Å². The van der Waals surface area contributed by atoms with Gasteiger partial charge < -0.3 is 20.1 Å². The third kappa shape index (κ3) is 4.24. The molecule has 0 unspecified atom stereocenters. The van der Waals surface area contributed by atoms with Gasteiger partial charge in [-0.25, -0.2) is 9.59 Å². The number of benzene rings is 1.